The van der Waals surface area contributed by atoms with Crippen LogP contribution in [0.2, 0.25) is 0 Å². The molecule has 0 aliphatic carbocycles. The summed E-state index contributed by atoms with van der Waals surface area (Å²) in [6.07, 6.45) is 4.13. The van der Waals surface area contributed by atoms with Crippen molar-refractivity contribution in [3.63, 3.8) is 0 Å². The Bertz CT molecular complexity index is 1160. The molecular formula is C21H27N5O5S. The second kappa shape index (κ2) is 9.80. The molecule has 11 heteroatoms. The highest BCUT2D eigenvalue weighted by Gasteiger charge is 2.37. The van der Waals surface area contributed by atoms with Crippen LogP contribution in [0.1, 0.15) is 25.0 Å². The molecular weight excluding hydrogens is 434 g/mol. The van der Waals surface area contributed by atoms with Gasteiger partial charge in [0.1, 0.15) is 17.3 Å². The van der Waals surface area contributed by atoms with Crippen molar-refractivity contribution in [2.24, 2.45) is 0 Å². The van der Waals surface area contributed by atoms with Crippen LogP contribution in [0.15, 0.2) is 45.9 Å². The van der Waals surface area contributed by atoms with Crippen molar-refractivity contribution in [1.82, 2.24) is 24.6 Å². The number of methoxy groups -OCH3 is 1. The van der Waals surface area contributed by atoms with Gasteiger partial charge in [-0.25, -0.2) is 13.1 Å². The minimum Gasteiger partial charge on any atom is -0.469 e. The number of carbonyl (C=O) groups is 1. The van der Waals surface area contributed by atoms with Gasteiger partial charge in [-0.05, 0) is 43.2 Å². The maximum Gasteiger partial charge on any atom is 0.243 e. The van der Waals surface area contributed by atoms with Crippen LogP contribution < -0.4 is 5.32 Å². The summed E-state index contributed by atoms with van der Waals surface area (Å²) in [6, 6.07) is 7.65. The third kappa shape index (κ3) is 4.69. The molecule has 1 atom stereocenters. The van der Waals surface area contributed by atoms with E-state index in [1.165, 1.54) is 10.4 Å². The Morgan fingerprint density at radius 1 is 1.31 bits per heavy atom. The number of carbonyl (C=O) groups excluding carboxylic acids is 1. The SMILES string of the molecule is COCCn1nnc2cc(S(=O)(=O)N3CCCC[C@@H]3C(=O)NCCc3ccco3)ccc21. The zero-order chi connectivity index (χ0) is 22.6. The van der Waals surface area contributed by atoms with Crippen LogP contribution in [0.4, 0.5) is 0 Å². The number of fused-ring (bicyclic) bond motifs is 1. The van der Waals surface area contributed by atoms with Crippen molar-refractivity contribution in [3.8, 4) is 0 Å². The summed E-state index contributed by atoms with van der Waals surface area (Å²) in [5.41, 5.74) is 1.21. The normalized spacial score (nSPS) is 17.6. The number of hydrogen-bond donors (Lipinski definition) is 1. The Hall–Kier alpha value is -2.76. The van der Waals surface area contributed by atoms with E-state index in [2.05, 4.69) is 15.6 Å². The number of aromatic nitrogens is 3. The number of hydrogen-bond acceptors (Lipinski definition) is 7. The molecule has 1 amide bonds. The number of furan rings is 1. The van der Waals surface area contributed by atoms with Gasteiger partial charge in [0.05, 0.1) is 29.8 Å². The molecule has 2 aromatic heterocycles. The fourth-order valence-corrected chi connectivity index (χ4v) is 5.60. The van der Waals surface area contributed by atoms with Gasteiger partial charge in [-0.1, -0.05) is 11.6 Å². The summed E-state index contributed by atoms with van der Waals surface area (Å²) in [5, 5.41) is 11.0. The fraction of sp³-hybridized carbons (Fsp3) is 0.476. The predicted molar refractivity (Wildman–Crippen MR) is 116 cm³/mol. The number of rotatable bonds is 9. The molecule has 172 valence electrons. The van der Waals surface area contributed by atoms with Crippen LogP contribution in [0.5, 0.6) is 0 Å². The van der Waals surface area contributed by atoms with E-state index < -0.39 is 16.1 Å². The summed E-state index contributed by atoms with van der Waals surface area (Å²) in [7, 11) is -2.27. The maximum absolute atomic E-state index is 13.4. The highest BCUT2D eigenvalue weighted by molar-refractivity contribution is 7.89. The first-order valence-corrected chi connectivity index (χ1v) is 12.1. The van der Waals surface area contributed by atoms with E-state index in [4.69, 9.17) is 9.15 Å². The Morgan fingerprint density at radius 3 is 2.97 bits per heavy atom. The first kappa shape index (κ1) is 22.4. The molecule has 0 bridgehead atoms. The van der Waals surface area contributed by atoms with E-state index >= 15 is 0 Å². The molecule has 1 aromatic carbocycles. The van der Waals surface area contributed by atoms with Crippen molar-refractivity contribution in [3.05, 3.63) is 42.4 Å². The average Bonchev–Trinajstić information content (AvgIpc) is 3.47. The third-order valence-corrected chi connectivity index (χ3v) is 7.51. The molecule has 3 heterocycles. The first-order chi connectivity index (χ1) is 15.5. The molecule has 10 nitrogen and oxygen atoms in total. The first-order valence-electron chi connectivity index (χ1n) is 10.6. The number of amides is 1. The maximum atomic E-state index is 13.4. The zero-order valence-electron chi connectivity index (χ0n) is 17.9. The third-order valence-electron chi connectivity index (χ3n) is 5.61. The molecule has 32 heavy (non-hydrogen) atoms. The fourth-order valence-electron chi connectivity index (χ4n) is 3.93. The molecule has 1 N–H and O–H groups in total. The van der Waals surface area contributed by atoms with Gasteiger partial charge in [0.15, 0.2) is 0 Å². The number of benzene rings is 1. The Balaban J connectivity index is 1.50. The second-order valence-corrected chi connectivity index (χ2v) is 9.59. The Labute approximate surface area is 186 Å². The molecule has 0 saturated carbocycles. The minimum absolute atomic E-state index is 0.110. The summed E-state index contributed by atoms with van der Waals surface area (Å²) in [4.78, 5) is 13.0. The minimum atomic E-state index is -3.87. The smallest absolute Gasteiger partial charge is 0.243 e. The zero-order valence-corrected chi connectivity index (χ0v) is 18.8. The molecule has 3 aromatic rings. The van der Waals surface area contributed by atoms with E-state index in [-0.39, 0.29) is 10.8 Å². The largest absolute Gasteiger partial charge is 0.469 e. The molecule has 1 aliphatic rings. The summed E-state index contributed by atoms with van der Waals surface area (Å²) >= 11 is 0. The second-order valence-electron chi connectivity index (χ2n) is 7.70. The highest BCUT2D eigenvalue weighted by atomic mass is 32.2. The van der Waals surface area contributed by atoms with Gasteiger partial charge in [-0.2, -0.15) is 4.31 Å². The van der Waals surface area contributed by atoms with Crippen LogP contribution in [-0.4, -0.2) is 66.5 Å². The number of ether oxygens (including phenoxy) is 1. The number of nitrogens with zero attached hydrogens (tertiary/aromatic N) is 4. The lowest BCUT2D eigenvalue weighted by atomic mass is 10.0. The summed E-state index contributed by atoms with van der Waals surface area (Å²) in [6.45, 7) is 1.68. The van der Waals surface area contributed by atoms with E-state index in [1.54, 1.807) is 36.3 Å². The van der Waals surface area contributed by atoms with Crippen LogP contribution in [0.25, 0.3) is 11.0 Å². The van der Waals surface area contributed by atoms with E-state index in [0.29, 0.717) is 51.0 Å². The van der Waals surface area contributed by atoms with Gasteiger partial charge in [-0.15, -0.1) is 5.10 Å². The van der Waals surface area contributed by atoms with Crippen molar-refractivity contribution in [1.29, 1.82) is 0 Å². The van der Waals surface area contributed by atoms with Gasteiger partial charge in [0.25, 0.3) is 0 Å². The van der Waals surface area contributed by atoms with Crippen molar-refractivity contribution in [2.45, 2.75) is 43.2 Å². The van der Waals surface area contributed by atoms with Gasteiger partial charge in [-0.3, -0.25) is 4.79 Å². The lowest BCUT2D eigenvalue weighted by Gasteiger charge is -2.33. The lowest BCUT2D eigenvalue weighted by Crippen LogP contribution is -2.52. The Kier molecular flexibility index (Phi) is 6.87. The number of piperidine rings is 1. The van der Waals surface area contributed by atoms with Gasteiger partial charge in [0.2, 0.25) is 15.9 Å². The lowest BCUT2D eigenvalue weighted by molar-refractivity contribution is -0.125. The summed E-state index contributed by atoms with van der Waals surface area (Å²) in [5.74, 6) is 0.483. The molecule has 1 saturated heterocycles. The van der Waals surface area contributed by atoms with E-state index in [9.17, 15) is 13.2 Å². The standard InChI is InChI=1S/C21H27N5O5S/c1-30-14-12-25-19-8-7-17(15-18(19)23-24-25)32(28,29)26-11-3-2-6-20(26)21(27)22-10-9-16-5-4-13-31-16/h4-5,7-8,13,15,20H,2-3,6,9-12,14H2,1H3,(H,22,27)/t20-/m1/s1. The molecule has 0 spiro atoms. The highest BCUT2D eigenvalue weighted by Crippen LogP contribution is 2.27. The molecule has 0 radical (unpaired) electrons. The number of nitrogens with one attached hydrogen (secondary N) is 1. The predicted octanol–water partition coefficient (Wildman–Crippen LogP) is 1.57. The van der Waals surface area contributed by atoms with Gasteiger partial charge >= 0.3 is 0 Å². The monoisotopic (exact) mass is 461 g/mol. The quantitative estimate of drug-likeness (QED) is 0.514. The van der Waals surface area contributed by atoms with Crippen LogP contribution >= 0.6 is 0 Å². The average molecular weight is 462 g/mol. The van der Waals surface area contributed by atoms with E-state index in [0.717, 1.165) is 17.7 Å². The van der Waals surface area contributed by atoms with Crippen molar-refractivity contribution >= 4 is 27.0 Å². The van der Waals surface area contributed by atoms with Crippen molar-refractivity contribution in [2.75, 3.05) is 26.8 Å². The Morgan fingerprint density at radius 2 is 2.19 bits per heavy atom. The molecule has 4 rings (SSSR count). The van der Waals surface area contributed by atoms with Gasteiger partial charge < -0.3 is 14.5 Å². The number of sulfonamides is 1. The van der Waals surface area contributed by atoms with E-state index in [1.807, 2.05) is 6.07 Å². The van der Waals surface area contributed by atoms with Crippen LogP contribution in [0, 0.1) is 0 Å². The van der Waals surface area contributed by atoms with Crippen LogP contribution in [-0.2, 0) is 32.5 Å². The van der Waals surface area contributed by atoms with Crippen LogP contribution in [0.3, 0.4) is 0 Å². The van der Waals surface area contributed by atoms with Crippen molar-refractivity contribution < 1.29 is 22.4 Å². The topological polar surface area (TPSA) is 120 Å². The summed E-state index contributed by atoms with van der Waals surface area (Å²) < 4.78 is 40.2. The molecule has 1 aliphatic heterocycles. The molecule has 1 fully saturated rings. The molecule has 0 unspecified atom stereocenters. The van der Waals surface area contributed by atoms with Gasteiger partial charge in [0, 0.05) is 26.6 Å².